The molecule has 0 saturated heterocycles. The molecule has 0 heterocycles. The van der Waals surface area contributed by atoms with Crippen molar-refractivity contribution in [2.45, 2.75) is 32.3 Å². The Morgan fingerprint density at radius 2 is 1.62 bits per heavy atom. The lowest BCUT2D eigenvalue weighted by atomic mass is 9.96. The van der Waals surface area contributed by atoms with Gasteiger partial charge in [-0.3, -0.25) is 14.4 Å². The molecule has 0 aliphatic carbocycles. The molecule has 0 fully saturated rings. The van der Waals surface area contributed by atoms with Gasteiger partial charge in [0.15, 0.2) is 5.78 Å². The van der Waals surface area contributed by atoms with E-state index in [4.69, 9.17) is 10.6 Å². The van der Waals surface area contributed by atoms with Gasteiger partial charge in [0.05, 0.1) is 6.42 Å². The number of hydrogen-bond acceptors (Lipinski definition) is 6. The van der Waals surface area contributed by atoms with E-state index in [9.17, 15) is 14.4 Å². The lowest BCUT2D eigenvalue weighted by molar-refractivity contribution is -0.154. The van der Waals surface area contributed by atoms with Gasteiger partial charge in [-0.25, -0.2) is 0 Å². The maximum Gasteiger partial charge on any atom is 0.328 e. The van der Waals surface area contributed by atoms with Gasteiger partial charge in [0, 0.05) is 17.5 Å². The zero-order valence-electron chi connectivity index (χ0n) is 14.5. The van der Waals surface area contributed by atoms with Crippen molar-refractivity contribution >= 4 is 17.7 Å². The van der Waals surface area contributed by atoms with E-state index in [1.165, 1.54) is 0 Å². The van der Waals surface area contributed by atoms with E-state index < -0.39 is 18.0 Å². The number of aryl methyl sites for hydroxylation is 1. The highest BCUT2D eigenvalue weighted by Gasteiger charge is 2.17. The summed E-state index contributed by atoms with van der Waals surface area (Å²) in [6, 6.07) is 16.1. The summed E-state index contributed by atoms with van der Waals surface area (Å²) in [6.45, 7) is 1.59. The minimum absolute atomic E-state index is 0.0892. The number of hydrogen-bond donors (Lipinski definition) is 1. The molecule has 2 aromatic carbocycles. The first-order chi connectivity index (χ1) is 12.5. The molecule has 6 nitrogen and oxygen atoms in total. The number of ketones is 1. The zero-order chi connectivity index (χ0) is 18.9. The third-order valence-electron chi connectivity index (χ3n) is 3.81. The SMILES string of the molecule is C[C@H](CC(=O)ON)OC(=O)CCc1ccccc1C(=O)c1ccccc1. The van der Waals surface area contributed by atoms with Crippen molar-refractivity contribution < 1.29 is 24.0 Å². The highest BCUT2D eigenvalue weighted by atomic mass is 16.7. The number of ether oxygens (including phenoxy) is 1. The van der Waals surface area contributed by atoms with E-state index in [0.29, 0.717) is 17.5 Å². The fraction of sp³-hybridized carbons (Fsp3) is 0.250. The van der Waals surface area contributed by atoms with E-state index >= 15 is 0 Å². The second-order valence-corrected chi connectivity index (χ2v) is 5.85. The van der Waals surface area contributed by atoms with Crippen molar-refractivity contribution in [1.29, 1.82) is 0 Å². The second kappa shape index (κ2) is 9.48. The summed E-state index contributed by atoms with van der Waals surface area (Å²) in [5.41, 5.74) is 1.93. The third kappa shape index (κ3) is 5.53. The fourth-order valence-electron chi connectivity index (χ4n) is 2.55. The molecule has 0 saturated carbocycles. The van der Waals surface area contributed by atoms with Crippen LogP contribution in [0.25, 0.3) is 0 Å². The van der Waals surface area contributed by atoms with E-state index in [2.05, 4.69) is 4.84 Å². The standard InChI is InChI=1S/C20H21NO5/c1-14(13-19(23)26-21)25-18(22)12-11-15-7-5-6-10-17(15)20(24)16-8-3-2-4-9-16/h2-10,14H,11-13,21H2,1H3/t14-/m1/s1. The summed E-state index contributed by atoms with van der Waals surface area (Å²) in [7, 11) is 0. The molecule has 2 N–H and O–H groups in total. The van der Waals surface area contributed by atoms with Crippen molar-refractivity contribution in [1.82, 2.24) is 0 Å². The van der Waals surface area contributed by atoms with Crippen molar-refractivity contribution in [3.8, 4) is 0 Å². The van der Waals surface area contributed by atoms with Gasteiger partial charge in [-0.1, -0.05) is 54.6 Å². The zero-order valence-corrected chi connectivity index (χ0v) is 14.5. The average molecular weight is 355 g/mol. The Labute approximate surface area is 151 Å². The predicted octanol–water partition coefficient (Wildman–Crippen LogP) is 2.59. The first-order valence-electron chi connectivity index (χ1n) is 8.28. The summed E-state index contributed by atoms with van der Waals surface area (Å²) in [6.07, 6.45) is -0.270. The van der Waals surface area contributed by atoms with Crippen molar-refractivity contribution in [2.75, 3.05) is 0 Å². The van der Waals surface area contributed by atoms with Crippen LogP contribution in [-0.4, -0.2) is 23.8 Å². The highest BCUT2D eigenvalue weighted by molar-refractivity contribution is 6.09. The monoisotopic (exact) mass is 355 g/mol. The summed E-state index contributed by atoms with van der Waals surface area (Å²) in [5, 5.41) is 0. The molecule has 0 radical (unpaired) electrons. The number of carbonyl (C=O) groups is 3. The van der Waals surface area contributed by atoms with E-state index in [1.54, 1.807) is 43.3 Å². The first-order valence-corrected chi connectivity index (χ1v) is 8.28. The lowest BCUT2D eigenvalue weighted by Crippen LogP contribution is -2.21. The van der Waals surface area contributed by atoms with Crippen molar-refractivity contribution in [3.63, 3.8) is 0 Å². The number of rotatable bonds is 8. The van der Waals surface area contributed by atoms with Crippen LogP contribution in [0.5, 0.6) is 0 Å². The van der Waals surface area contributed by atoms with E-state index in [1.807, 2.05) is 18.2 Å². The van der Waals surface area contributed by atoms with E-state index in [-0.39, 0.29) is 18.6 Å². The maximum atomic E-state index is 12.7. The van der Waals surface area contributed by atoms with Crippen LogP contribution in [0.4, 0.5) is 0 Å². The van der Waals surface area contributed by atoms with Crippen LogP contribution in [0, 0.1) is 0 Å². The quantitative estimate of drug-likeness (QED) is 0.444. The number of nitrogens with two attached hydrogens (primary N) is 1. The second-order valence-electron chi connectivity index (χ2n) is 5.85. The lowest BCUT2D eigenvalue weighted by Gasteiger charge is -2.12. The Bertz CT molecular complexity index is 773. The van der Waals surface area contributed by atoms with Crippen LogP contribution in [0.2, 0.25) is 0 Å². The summed E-state index contributed by atoms with van der Waals surface area (Å²) >= 11 is 0. The summed E-state index contributed by atoms with van der Waals surface area (Å²) in [5.74, 6) is 3.56. The largest absolute Gasteiger partial charge is 0.462 e. The van der Waals surface area contributed by atoms with Gasteiger partial charge < -0.3 is 9.57 Å². The first kappa shape index (κ1) is 19.3. The van der Waals surface area contributed by atoms with Crippen molar-refractivity contribution in [2.24, 2.45) is 5.90 Å². The molecule has 0 amide bonds. The highest BCUT2D eigenvalue weighted by Crippen LogP contribution is 2.17. The Hall–Kier alpha value is -2.99. The summed E-state index contributed by atoms with van der Waals surface area (Å²) in [4.78, 5) is 39.7. The Balaban J connectivity index is 1.99. The fourth-order valence-corrected chi connectivity index (χ4v) is 2.55. The number of esters is 1. The van der Waals surface area contributed by atoms with Crippen LogP contribution in [0.15, 0.2) is 54.6 Å². The Morgan fingerprint density at radius 3 is 2.31 bits per heavy atom. The van der Waals surface area contributed by atoms with Gasteiger partial charge in [0.2, 0.25) is 0 Å². The molecular formula is C20H21NO5. The van der Waals surface area contributed by atoms with Crippen LogP contribution >= 0.6 is 0 Å². The molecule has 2 rings (SSSR count). The molecule has 0 aliphatic heterocycles. The normalized spacial score (nSPS) is 11.5. The molecule has 6 heteroatoms. The maximum absolute atomic E-state index is 12.7. The molecule has 0 spiro atoms. The van der Waals surface area contributed by atoms with Gasteiger partial charge >= 0.3 is 11.9 Å². The minimum atomic E-state index is -0.649. The van der Waals surface area contributed by atoms with Crippen LogP contribution in [0.3, 0.4) is 0 Å². The molecule has 0 aliphatic rings. The molecular weight excluding hydrogens is 334 g/mol. The Kier molecular flexibility index (Phi) is 7.05. The van der Waals surface area contributed by atoms with Gasteiger partial charge in [-0.05, 0) is 18.9 Å². The smallest absolute Gasteiger partial charge is 0.328 e. The molecule has 136 valence electrons. The molecule has 1 atom stereocenters. The Morgan fingerprint density at radius 1 is 0.962 bits per heavy atom. The minimum Gasteiger partial charge on any atom is -0.462 e. The molecule has 0 unspecified atom stereocenters. The van der Waals surface area contributed by atoms with Gasteiger partial charge in [-0.15, -0.1) is 0 Å². The van der Waals surface area contributed by atoms with Crippen LogP contribution in [0.1, 0.15) is 41.3 Å². The molecule has 26 heavy (non-hydrogen) atoms. The van der Waals surface area contributed by atoms with E-state index in [0.717, 1.165) is 5.56 Å². The van der Waals surface area contributed by atoms with Crippen LogP contribution in [-0.2, 0) is 25.6 Å². The van der Waals surface area contributed by atoms with Gasteiger partial charge in [0.1, 0.15) is 6.10 Å². The number of carbonyl (C=O) groups excluding carboxylic acids is 3. The topological polar surface area (TPSA) is 95.7 Å². The molecule has 0 aromatic heterocycles. The van der Waals surface area contributed by atoms with Crippen LogP contribution < -0.4 is 5.90 Å². The van der Waals surface area contributed by atoms with Crippen molar-refractivity contribution in [3.05, 3.63) is 71.3 Å². The van der Waals surface area contributed by atoms with Gasteiger partial charge in [-0.2, -0.15) is 5.90 Å². The predicted molar refractivity (Wildman–Crippen MR) is 95.1 cm³/mol. The third-order valence-corrected chi connectivity index (χ3v) is 3.81. The summed E-state index contributed by atoms with van der Waals surface area (Å²) < 4.78 is 5.15. The molecule has 2 aromatic rings. The van der Waals surface area contributed by atoms with Gasteiger partial charge in [0.25, 0.3) is 0 Å². The number of benzene rings is 2. The molecule has 0 bridgehead atoms. The average Bonchev–Trinajstić information content (AvgIpc) is 2.66.